The highest BCUT2D eigenvalue weighted by molar-refractivity contribution is 6.30. The molecule has 0 radical (unpaired) electrons. The average Bonchev–Trinajstić information content (AvgIpc) is 2.72. The van der Waals surface area contributed by atoms with E-state index in [4.69, 9.17) is 11.6 Å². The second kappa shape index (κ2) is 4.35. The van der Waals surface area contributed by atoms with Crippen molar-refractivity contribution < 1.29 is 9.90 Å². The van der Waals surface area contributed by atoms with E-state index in [1.54, 1.807) is 4.68 Å². The number of aryl methyl sites for hydroxylation is 1. The van der Waals surface area contributed by atoms with E-state index >= 15 is 0 Å². The van der Waals surface area contributed by atoms with Crippen LogP contribution in [0.3, 0.4) is 0 Å². The van der Waals surface area contributed by atoms with Gasteiger partial charge in [0.05, 0.1) is 12.0 Å². The summed E-state index contributed by atoms with van der Waals surface area (Å²) in [6.45, 7) is 6.11. The van der Waals surface area contributed by atoms with Gasteiger partial charge in [-0.25, -0.2) is 0 Å². The first-order chi connectivity index (χ1) is 9.73. The van der Waals surface area contributed by atoms with Crippen LogP contribution < -0.4 is 0 Å². The first-order valence-electron chi connectivity index (χ1n) is 7.33. The quantitative estimate of drug-likeness (QED) is 0.591. The molecule has 1 aromatic heterocycles. The largest absolute Gasteiger partial charge is 0.515 e. The molecule has 21 heavy (non-hydrogen) atoms. The number of carbonyl (C=O) groups is 1. The fraction of sp³-hybridized carbons (Fsp3) is 0.625. The molecule has 0 bridgehead atoms. The molecule has 0 unspecified atom stereocenters. The van der Waals surface area contributed by atoms with Crippen LogP contribution in [-0.2, 0) is 23.7 Å². The van der Waals surface area contributed by atoms with Crippen LogP contribution in [0.2, 0.25) is 5.15 Å². The third-order valence-corrected chi connectivity index (χ3v) is 6.00. The number of hydrogen-bond donors (Lipinski definition) is 1. The Bertz CT molecular complexity index is 659. The Morgan fingerprint density at radius 2 is 2.10 bits per heavy atom. The molecule has 114 valence electrons. The highest BCUT2D eigenvalue weighted by Gasteiger charge is 2.57. The molecule has 0 aliphatic heterocycles. The van der Waals surface area contributed by atoms with Crippen LogP contribution in [0.15, 0.2) is 11.8 Å². The van der Waals surface area contributed by atoms with E-state index < -0.39 is 5.41 Å². The number of Topliss-reactive ketones (excluding diaryl/α,β-unsaturated/α-hetero) is 1. The van der Waals surface area contributed by atoms with Crippen LogP contribution in [0.5, 0.6) is 0 Å². The molecule has 1 N–H and O–H groups in total. The molecule has 2 aliphatic rings. The van der Waals surface area contributed by atoms with Gasteiger partial charge in [-0.3, -0.25) is 9.48 Å². The van der Waals surface area contributed by atoms with Crippen molar-refractivity contribution in [3.8, 4) is 0 Å². The highest BCUT2D eigenvalue weighted by atomic mass is 35.5. The molecule has 5 heteroatoms. The van der Waals surface area contributed by atoms with Crippen molar-refractivity contribution >= 4 is 17.4 Å². The van der Waals surface area contributed by atoms with Crippen LogP contribution in [0.1, 0.15) is 44.9 Å². The Balaban J connectivity index is 2.21. The van der Waals surface area contributed by atoms with Gasteiger partial charge in [0.15, 0.2) is 5.78 Å². The zero-order chi connectivity index (χ0) is 15.6. The summed E-state index contributed by atoms with van der Waals surface area (Å²) < 4.78 is 1.71. The summed E-state index contributed by atoms with van der Waals surface area (Å²) >= 11 is 6.36. The normalized spacial score (nSPS) is 32.9. The molecule has 3 rings (SSSR count). The molecular formula is C16H21ClN2O2. The zero-order valence-corrected chi connectivity index (χ0v) is 13.7. The van der Waals surface area contributed by atoms with Gasteiger partial charge in [0.25, 0.3) is 0 Å². The molecule has 1 heterocycles. The van der Waals surface area contributed by atoms with Crippen LogP contribution in [0.4, 0.5) is 0 Å². The maximum atomic E-state index is 12.6. The van der Waals surface area contributed by atoms with E-state index in [-0.39, 0.29) is 17.1 Å². The third kappa shape index (κ3) is 1.75. The van der Waals surface area contributed by atoms with E-state index in [9.17, 15) is 9.90 Å². The number of nitrogens with zero attached hydrogens (tertiary/aromatic N) is 2. The van der Waals surface area contributed by atoms with Crippen LogP contribution in [-0.4, -0.2) is 20.7 Å². The van der Waals surface area contributed by atoms with Crippen molar-refractivity contribution in [2.45, 2.75) is 45.4 Å². The van der Waals surface area contributed by atoms with Crippen molar-refractivity contribution in [3.05, 3.63) is 28.2 Å². The number of halogens is 1. The second-order valence-corrected chi connectivity index (χ2v) is 7.49. The lowest BCUT2D eigenvalue weighted by Gasteiger charge is -2.52. The summed E-state index contributed by atoms with van der Waals surface area (Å²) in [5.41, 5.74) is 1.83. The number of ketones is 1. The zero-order valence-electron chi connectivity index (χ0n) is 12.9. The maximum absolute atomic E-state index is 12.6. The Labute approximate surface area is 129 Å². The summed E-state index contributed by atoms with van der Waals surface area (Å²) in [6, 6.07) is 0. The molecular weight excluding hydrogens is 288 g/mol. The fourth-order valence-electron chi connectivity index (χ4n) is 4.52. The van der Waals surface area contributed by atoms with Crippen molar-refractivity contribution in [1.29, 1.82) is 0 Å². The van der Waals surface area contributed by atoms with E-state index in [2.05, 4.69) is 12.0 Å². The lowest BCUT2D eigenvalue weighted by Crippen LogP contribution is -2.53. The summed E-state index contributed by atoms with van der Waals surface area (Å²) in [4.78, 5) is 12.6. The molecule has 1 aromatic rings. The van der Waals surface area contributed by atoms with Gasteiger partial charge in [-0.15, -0.1) is 0 Å². The van der Waals surface area contributed by atoms with Gasteiger partial charge in [0.2, 0.25) is 0 Å². The number of aromatic nitrogens is 2. The SMILES string of the molecule is Cn1nc2c(c1Cl)CC[C@H]1C(C)(C)C(=O)/C(=C\O)C[C@]21C. The van der Waals surface area contributed by atoms with Gasteiger partial charge in [0, 0.05) is 29.0 Å². The van der Waals surface area contributed by atoms with Gasteiger partial charge >= 0.3 is 0 Å². The molecule has 0 aromatic carbocycles. The molecule has 1 saturated carbocycles. The second-order valence-electron chi connectivity index (χ2n) is 7.13. The first-order valence-corrected chi connectivity index (χ1v) is 7.71. The summed E-state index contributed by atoms with van der Waals surface area (Å²) in [5, 5.41) is 14.8. The number of aliphatic hydroxyl groups excluding tert-OH is 1. The van der Waals surface area contributed by atoms with Gasteiger partial charge in [-0.2, -0.15) is 5.10 Å². The van der Waals surface area contributed by atoms with Gasteiger partial charge in [0.1, 0.15) is 5.15 Å². The van der Waals surface area contributed by atoms with E-state index in [1.165, 1.54) is 0 Å². The molecule has 2 atom stereocenters. The van der Waals surface area contributed by atoms with Gasteiger partial charge in [-0.05, 0) is 25.2 Å². The molecule has 2 aliphatic carbocycles. The smallest absolute Gasteiger partial charge is 0.167 e. The fourth-order valence-corrected chi connectivity index (χ4v) is 4.74. The minimum atomic E-state index is -0.497. The molecule has 4 nitrogen and oxygen atoms in total. The Kier molecular flexibility index (Phi) is 3.04. The lowest BCUT2D eigenvalue weighted by atomic mass is 9.50. The number of hydrogen-bond acceptors (Lipinski definition) is 3. The van der Waals surface area contributed by atoms with Crippen molar-refractivity contribution in [2.24, 2.45) is 18.4 Å². The van der Waals surface area contributed by atoms with Crippen LogP contribution >= 0.6 is 11.6 Å². The topological polar surface area (TPSA) is 55.1 Å². The van der Waals surface area contributed by atoms with E-state index in [0.29, 0.717) is 17.1 Å². The molecule has 0 amide bonds. The van der Waals surface area contributed by atoms with E-state index in [1.807, 2.05) is 20.9 Å². The number of fused-ring (bicyclic) bond motifs is 3. The van der Waals surface area contributed by atoms with Crippen molar-refractivity contribution in [3.63, 3.8) is 0 Å². The molecule has 1 fully saturated rings. The van der Waals surface area contributed by atoms with Gasteiger partial charge in [-0.1, -0.05) is 32.4 Å². The summed E-state index contributed by atoms with van der Waals surface area (Å²) in [5.74, 6) is 0.262. The Morgan fingerprint density at radius 3 is 2.71 bits per heavy atom. The standard InChI is InChI=1S/C16H21ClN2O2/c1-15(2)11-6-5-10-12(18-19(4)14(10)17)16(11,3)7-9(8-20)13(15)21/h8,11,20H,5-7H2,1-4H3/b9-8-/t11-,16-/m0/s1. The van der Waals surface area contributed by atoms with Crippen molar-refractivity contribution in [2.75, 3.05) is 0 Å². The average molecular weight is 309 g/mol. The minimum absolute atomic E-state index is 0.0537. The van der Waals surface area contributed by atoms with Crippen molar-refractivity contribution in [1.82, 2.24) is 9.78 Å². The minimum Gasteiger partial charge on any atom is -0.515 e. The molecule has 0 saturated heterocycles. The molecule has 0 spiro atoms. The number of aliphatic hydroxyl groups is 1. The monoisotopic (exact) mass is 308 g/mol. The Hall–Kier alpha value is -1.29. The lowest BCUT2D eigenvalue weighted by molar-refractivity contribution is -0.131. The van der Waals surface area contributed by atoms with E-state index in [0.717, 1.165) is 30.4 Å². The summed E-state index contributed by atoms with van der Waals surface area (Å²) in [7, 11) is 1.85. The first kappa shape index (κ1) is 14.6. The number of carbonyl (C=O) groups excluding carboxylic acids is 1. The summed E-state index contributed by atoms with van der Waals surface area (Å²) in [6.07, 6.45) is 3.28. The van der Waals surface area contributed by atoms with Crippen LogP contribution in [0.25, 0.3) is 0 Å². The maximum Gasteiger partial charge on any atom is 0.167 e. The predicted octanol–water partition coefficient (Wildman–Crippen LogP) is 3.33. The number of allylic oxidation sites excluding steroid dienone is 1. The van der Waals surface area contributed by atoms with Gasteiger partial charge < -0.3 is 5.11 Å². The highest BCUT2D eigenvalue weighted by Crippen LogP contribution is 2.57. The number of rotatable bonds is 0. The predicted molar refractivity (Wildman–Crippen MR) is 81.5 cm³/mol. The Morgan fingerprint density at radius 1 is 1.43 bits per heavy atom. The van der Waals surface area contributed by atoms with Crippen LogP contribution in [0, 0.1) is 11.3 Å². The third-order valence-electron chi connectivity index (χ3n) is 5.52.